The lowest BCUT2D eigenvalue weighted by molar-refractivity contribution is 0.181. The van der Waals surface area contributed by atoms with Crippen molar-refractivity contribution >= 4 is 22.9 Å². The fourth-order valence-electron chi connectivity index (χ4n) is 1.89. The van der Waals surface area contributed by atoms with Gasteiger partial charge in [0.1, 0.15) is 5.82 Å². The number of rotatable bonds is 6. The van der Waals surface area contributed by atoms with E-state index in [9.17, 15) is 4.39 Å². The van der Waals surface area contributed by atoms with Gasteiger partial charge in [0.25, 0.3) is 0 Å². The summed E-state index contributed by atoms with van der Waals surface area (Å²) in [5, 5.41) is 4.51. The van der Waals surface area contributed by atoms with Crippen LogP contribution in [0.1, 0.15) is 21.1 Å². The molecule has 0 saturated heterocycles. The van der Waals surface area contributed by atoms with Crippen molar-refractivity contribution in [3.8, 4) is 0 Å². The Balaban J connectivity index is 2.22. The maximum Gasteiger partial charge on any atom is 0.124 e. The molecule has 0 amide bonds. The topological polar surface area (TPSA) is 34.2 Å². The number of halogens is 2. The number of nitrogens with zero attached hydrogens (tertiary/aromatic N) is 1. The predicted octanol–water partition coefficient (Wildman–Crippen LogP) is 3.39. The standard InChI is InChI=1S/C14H16ClFN2OS/c1-17-7-13-12(8-19-2)18-14(20-13)5-9-3-4-10(16)6-11(9)15/h3-4,6,17H,5,7-8H2,1-2H3. The van der Waals surface area contributed by atoms with Gasteiger partial charge in [0.05, 0.1) is 17.3 Å². The number of aromatic nitrogens is 1. The van der Waals surface area contributed by atoms with Crippen LogP contribution >= 0.6 is 22.9 Å². The fourth-order valence-corrected chi connectivity index (χ4v) is 3.23. The van der Waals surface area contributed by atoms with Gasteiger partial charge in [0.2, 0.25) is 0 Å². The lowest BCUT2D eigenvalue weighted by Gasteiger charge is -2.01. The van der Waals surface area contributed by atoms with Crippen molar-refractivity contribution in [1.29, 1.82) is 0 Å². The molecule has 2 aromatic rings. The zero-order chi connectivity index (χ0) is 14.5. The summed E-state index contributed by atoms with van der Waals surface area (Å²) >= 11 is 7.67. The molecule has 1 N–H and O–H groups in total. The van der Waals surface area contributed by atoms with E-state index in [2.05, 4.69) is 10.3 Å². The van der Waals surface area contributed by atoms with E-state index in [0.29, 0.717) is 18.1 Å². The van der Waals surface area contributed by atoms with Gasteiger partial charge in [-0.15, -0.1) is 11.3 Å². The third-order valence-electron chi connectivity index (χ3n) is 2.80. The minimum Gasteiger partial charge on any atom is -0.378 e. The van der Waals surface area contributed by atoms with Crippen LogP contribution in [0.4, 0.5) is 4.39 Å². The Labute approximate surface area is 126 Å². The molecule has 0 spiro atoms. The molecule has 0 aliphatic carbocycles. The number of hydrogen-bond acceptors (Lipinski definition) is 4. The Morgan fingerprint density at radius 1 is 1.45 bits per heavy atom. The van der Waals surface area contributed by atoms with Crippen LogP contribution in [-0.4, -0.2) is 19.1 Å². The number of ether oxygens (including phenoxy) is 1. The van der Waals surface area contributed by atoms with E-state index < -0.39 is 0 Å². The summed E-state index contributed by atoms with van der Waals surface area (Å²) in [7, 11) is 3.55. The van der Waals surface area contributed by atoms with Crippen LogP contribution < -0.4 is 5.32 Å². The van der Waals surface area contributed by atoms with E-state index in [4.69, 9.17) is 16.3 Å². The van der Waals surface area contributed by atoms with Crippen LogP contribution in [-0.2, 0) is 24.3 Å². The number of nitrogens with one attached hydrogen (secondary N) is 1. The van der Waals surface area contributed by atoms with Gasteiger partial charge < -0.3 is 10.1 Å². The van der Waals surface area contributed by atoms with E-state index in [1.165, 1.54) is 12.1 Å². The van der Waals surface area contributed by atoms with Gasteiger partial charge in [-0.2, -0.15) is 0 Å². The second-order valence-electron chi connectivity index (χ2n) is 4.35. The molecule has 20 heavy (non-hydrogen) atoms. The first-order valence-electron chi connectivity index (χ1n) is 6.19. The van der Waals surface area contributed by atoms with Crippen LogP contribution in [0.3, 0.4) is 0 Å². The smallest absolute Gasteiger partial charge is 0.124 e. The number of thiazole rings is 1. The van der Waals surface area contributed by atoms with Gasteiger partial charge in [0.15, 0.2) is 0 Å². The molecule has 1 heterocycles. The van der Waals surface area contributed by atoms with Crippen LogP contribution in [0.2, 0.25) is 5.02 Å². The van der Waals surface area contributed by atoms with E-state index in [1.807, 2.05) is 7.05 Å². The molecule has 0 atom stereocenters. The average molecular weight is 315 g/mol. The lowest BCUT2D eigenvalue weighted by Crippen LogP contribution is -2.06. The van der Waals surface area contributed by atoms with E-state index in [0.717, 1.165) is 27.7 Å². The van der Waals surface area contributed by atoms with Crippen molar-refractivity contribution < 1.29 is 9.13 Å². The third-order valence-corrected chi connectivity index (χ3v) is 4.25. The van der Waals surface area contributed by atoms with Gasteiger partial charge in [-0.1, -0.05) is 17.7 Å². The Bertz CT molecular complexity index is 565. The van der Waals surface area contributed by atoms with Crippen LogP contribution in [0, 0.1) is 5.82 Å². The van der Waals surface area contributed by atoms with Crippen LogP contribution in [0.5, 0.6) is 0 Å². The highest BCUT2D eigenvalue weighted by atomic mass is 35.5. The SMILES string of the molecule is CNCc1sc(Cc2ccc(F)cc2Cl)nc1COC. The molecule has 0 unspecified atom stereocenters. The van der Waals surface area contributed by atoms with Crippen molar-refractivity contribution in [3.63, 3.8) is 0 Å². The van der Waals surface area contributed by atoms with E-state index >= 15 is 0 Å². The Morgan fingerprint density at radius 2 is 2.25 bits per heavy atom. The maximum atomic E-state index is 13.0. The minimum atomic E-state index is -0.325. The maximum absolute atomic E-state index is 13.0. The molecule has 108 valence electrons. The molecule has 0 radical (unpaired) electrons. The average Bonchev–Trinajstić information content (AvgIpc) is 2.76. The predicted molar refractivity (Wildman–Crippen MR) is 79.8 cm³/mol. The monoisotopic (exact) mass is 314 g/mol. The molecule has 2 rings (SSSR count). The normalized spacial score (nSPS) is 11.0. The molecule has 0 aliphatic rings. The van der Waals surface area contributed by atoms with Gasteiger partial charge in [-0.3, -0.25) is 0 Å². The summed E-state index contributed by atoms with van der Waals surface area (Å²) in [4.78, 5) is 5.73. The zero-order valence-electron chi connectivity index (χ0n) is 11.4. The molecule has 0 aliphatic heterocycles. The van der Waals surface area contributed by atoms with Gasteiger partial charge in [0, 0.05) is 30.0 Å². The molecular weight excluding hydrogens is 299 g/mol. The molecular formula is C14H16ClFN2OS. The molecule has 0 saturated carbocycles. The first-order chi connectivity index (χ1) is 9.63. The second kappa shape index (κ2) is 7.13. The summed E-state index contributed by atoms with van der Waals surface area (Å²) in [6.45, 7) is 1.25. The summed E-state index contributed by atoms with van der Waals surface area (Å²) < 4.78 is 18.2. The molecule has 6 heteroatoms. The van der Waals surface area contributed by atoms with Crippen molar-refractivity contribution in [2.24, 2.45) is 0 Å². The largest absolute Gasteiger partial charge is 0.378 e. The number of benzene rings is 1. The van der Waals surface area contributed by atoms with Crippen molar-refractivity contribution in [1.82, 2.24) is 10.3 Å². The van der Waals surface area contributed by atoms with Gasteiger partial charge in [-0.25, -0.2) is 9.37 Å². The highest BCUT2D eigenvalue weighted by Crippen LogP contribution is 2.25. The quantitative estimate of drug-likeness (QED) is 0.887. The third kappa shape index (κ3) is 3.76. The molecule has 1 aromatic heterocycles. The molecule has 1 aromatic carbocycles. The Morgan fingerprint density at radius 3 is 2.90 bits per heavy atom. The lowest BCUT2D eigenvalue weighted by atomic mass is 10.1. The summed E-state index contributed by atoms with van der Waals surface area (Å²) in [5.74, 6) is -0.325. The van der Waals surface area contributed by atoms with Crippen molar-refractivity contribution in [3.05, 3.63) is 50.2 Å². The van der Waals surface area contributed by atoms with Crippen molar-refractivity contribution in [2.75, 3.05) is 14.2 Å². The summed E-state index contributed by atoms with van der Waals surface area (Å²) in [6.07, 6.45) is 0.601. The first kappa shape index (κ1) is 15.4. The minimum absolute atomic E-state index is 0.325. The fraction of sp³-hybridized carbons (Fsp3) is 0.357. The molecule has 0 fully saturated rings. The number of hydrogen-bond donors (Lipinski definition) is 1. The molecule has 0 bridgehead atoms. The molecule has 3 nitrogen and oxygen atoms in total. The summed E-state index contributed by atoms with van der Waals surface area (Å²) in [5.41, 5.74) is 1.82. The Hall–Kier alpha value is -1.01. The van der Waals surface area contributed by atoms with Gasteiger partial charge >= 0.3 is 0 Å². The van der Waals surface area contributed by atoms with E-state index in [1.54, 1.807) is 24.5 Å². The highest BCUT2D eigenvalue weighted by Gasteiger charge is 2.12. The summed E-state index contributed by atoms with van der Waals surface area (Å²) in [6, 6.07) is 4.45. The van der Waals surface area contributed by atoms with Gasteiger partial charge in [-0.05, 0) is 24.7 Å². The Kier molecular flexibility index (Phi) is 5.48. The van der Waals surface area contributed by atoms with Crippen molar-refractivity contribution in [2.45, 2.75) is 19.6 Å². The van der Waals surface area contributed by atoms with Crippen LogP contribution in [0.15, 0.2) is 18.2 Å². The first-order valence-corrected chi connectivity index (χ1v) is 7.38. The highest BCUT2D eigenvalue weighted by molar-refractivity contribution is 7.11. The van der Waals surface area contributed by atoms with Crippen LogP contribution in [0.25, 0.3) is 0 Å². The second-order valence-corrected chi connectivity index (χ2v) is 5.93. The zero-order valence-corrected chi connectivity index (χ0v) is 12.9. The number of methoxy groups -OCH3 is 1. The van der Waals surface area contributed by atoms with E-state index in [-0.39, 0.29) is 5.82 Å².